The number of hydrogen-bond acceptors (Lipinski definition) is 3. The maximum atomic E-state index is 5.25. The van der Waals surface area contributed by atoms with Gasteiger partial charge in [-0.3, -0.25) is 0 Å². The number of ether oxygens (including phenoxy) is 1. The number of benzene rings is 1. The molecule has 1 aromatic rings. The molecule has 2 aliphatic rings. The van der Waals surface area contributed by atoms with Gasteiger partial charge in [-0.2, -0.15) is 0 Å². The van der Waals surface area contributed by atoms with Gasteiger partial charge < -0.3 is 15.0 Å². The topological polar surface area (TPSA) is 24.5 Å². The lowest BCUT2D eigenvalue weighted by Gasteiger charge is -2.21. The van der Waals surface area contributed by atoms with Crippen LogP contribution in [0.2, 0.25) is 0 Å². The van der Waals surface area contributed by atoms with Crippen LogP contribution < -0.4 is 10.1 Å². The number of nitrogens with zero attached hydrogens (tertiary/aromatic N) is 1. The van der Waals surface area contributed by atoms with Crippen LogP contribution in [-0.2, 0) is 0 Å². The highest BCUT2D eigenvalue weighted by Crippen LogP contribution is 2.41. The van der Waals surface area contributed by atoms with Crippen LogP contribution in [0.15, 0.2) is 24.3 Å². The van der Waals surface area contributed by atoms with Crippen molar-refractivity contribution < 1.29 is 4.74 Å². The third-order valence-corrected chi connectivity index (χ3v) is 4.68. The lowest BCUT2D eigenvalue weighted by Crippen LogP contribution is -2.30. The Morgan fingerprint density at radius 2 is 2.00 bits per heavy atom. The molecule has 20 heavy (non-hydrogen) atoms. The monoisotopic (exact) mass is 274 g/mol. The first-order valence-corrected chi connectivity index (χ1v) is 7.82. The molecule has 1 aliphatic heterocycles. The van der Waals surface area contributed by atoms with Gasteiger partial charge in [0.25, 0.3) is 0 Å². The maximum Gasteiger partial charge on any atom is 0.118 e. The van der Waals surface area contributed by atoms with E-state index in [0.717, 1.165) is 24.1 Å². The smallest absolute Gasteiger partial charge is 0.118 e. The Kier molecular flexibility index (Phi) is 4.27. The summed E-state index contributed by atoms with van der Waals surface area (Å²) in [6.07, 6.45) is 4.08. The van der Waals surface area contributed by atoms with E-state index in [9.17, 15) is 0 Å². The summed E-state index contributed by atoms with van der Waals surface area (Å²) in [6.45, 7) is 3.65. The van der Waals surface area contributed by atoms with Gasteiger partial charge in [0, 0.05) is 12.6 Å². The predicted molar refractivity (Wildman–Crippen MR) is 82.1 cm³/mol. The summed E-state index contributed by atoms with van der Waals surface area (Å²) in [4.78, 5) is 2.44. The Bertz CT molecular complexity index is 427. The summed E-state index contributed by atoms with van der Waals surface area (Å²) in [5.74, 6) is 2.60. The molecule has 0 amide bonds. The number of hydrogen-bond donors (Lipinski definition) is 1. The summed E-state index contributed by atoms with van der Waals surface area (Å²) < 4.78 is 5.25. The Morgan fingerprint density at radius 1 is 1.25 bits per heavy atom. The molecule has 3 rings (SSSR count). The molecule has 0 spiro atoms. The van der Waals surface area contributed by atoms with E-state index in [2.05, 4.69) is 41.5 Å². The molecule has 1 heterocycles. The minimum absolute atomic E-state index is 0.534. The average Bonchev–Trinajstić information content (AvgIpc) is 3.22. The second-order valence-corrected chi connectivity index (χ2v) is 6.41. The largest absolute Gasteiger partial charge is 0.497 e. The Labute approximate surface area is 122 Å². The number of likely N-dealkylation sites (tertiary alicyclic amines) is 1. The molecule has 3 nitrogen and oxygen atoms in total. The van der Waals surface area contributed by atoms with E-state index in [0.29, 0.717) is 6.04 Å². The molecule has 1 saturated heterocycles. The van der Waals surface area contributed by atoms with Crippen molar-refractivity contribution in [2.45, 2.75) is 25.3 Å². The van der Waals surface area contributed by atoms with Gasteiger partial charge in [-0.25, -0.2) is 0 Å². The van der Waals surface area contributed by atoms with Crippen molar-refractivity contribution in [3.63, 3.8) is 0 Å². The molecule has 1 saturated carbocycles. The van der Waals surface area contributed by atoms with E-state index in [1.54, 1.807) is 7.11 Å². The van der Waals surface area contributed by atoms with Gasteiger partial charge in [0.05, 0.1) is 7.11 Å². The fraction of sp³-hybridized carbons (Fsp3) is 0.647. The van der Waals surface area contributed by atoms with Crippen LogP contribution in [0.1, 0.15) is 30.9 Å². The van der Waals surface area contributed by atoms with E-state index in [4.69, 9.17) is 4.74 Å². The number of rotatable bonds is 6. The maximum absolute atomic E-state index is 5.25. The molecule has 1 aromatic carbocycles. The highest BCUT2D eigenvalue weighted by atomic mass is 16.5. The predicted octanol–water partition coefficient (Wildman–Crippen LogP) is 2.69. The SMILES string of the molecule is COc1ccc(C(NCC2CCN(C)C2)C2CC2)cc1. The van der Waals surface area contributed by atoms with Crippen LogP contribution in [0.5, 0.6) is 5.75 Å². The van der Waals surface area contributed by atoms with Crippen molar-refractivity contribution in [2.24, 2.45) is 11.8 Å². The lowest BCUT2D eigenvalue weighted by atomic mass is 10.0. The molecule has 1 aliphatic carbocycles. The van der Waals surface area contributed by atoms with Gasteiger partial charge in [0.1, 0.15) is 5.75 Å². The zero-order chi connectivity index (χ0) is 13.9. The molecule has 1 N–H and O–H groups in total. The van der Waals surface area contributed by atoms with Crippen molar-refractivity contribution in [1.82, 2.24) is 10.2 Å². The minimum Gasteiger partial charge on any atom is -0.497 e. The fourth-order valence-electron chi connectivity index (χ4n) is 3.28. The first-order chi connectivity index (χ1) is 9.76. The zero-order valence-corrected chi connectivity index (χ0v) is 12.6. The van der Waals surface area contributed by atoms with Gasteiger partial charge in [-0.05, 0) is 68.9 Å². The molecule has 2 unspecified atom stereocenters. The Balaban J connectivity index is 1.60. The quantitative estimate of drug-likeness (QED) is 0.863. The van der Waals surface area contributed by atoms with E-state index < -0.39 is 0 Å². The van der Waals surface area contributed by atoms with Gasteiger partial charge in [0.15, 0.2) is 0 Å². The van der Waals surface area contributed by atoms with E-state index in [1.807, 2.05) is 0 Å². The molecule has 110 valence electrons. The summed E-state index contributed by atoms with van der Waals surface area (Å²) in [5, 5.41) is 3.83. The van der Waals surface area contributed by atoms with Crippen LogP contribution in [0, 0.1) is 11.8 Å². The normalized spacial score (nSPS) is 24.8. The van der Waals surface area contributed by atoms with Crippen molar-refractivity contribution >= 4 is 0 Å². The van der Waals surface area contributed by atoms with Crippen LogP contribution >= 0.6 is 0 Å². The molecule has 0 radical (unpaired) electrons. The molecule has 0 aromatic heterocycles. The van der Waals surface area contributed by atoms with E-state index >= 15 is 0 Å². The first-order valence-electron chi connectivity index (χ1n) is 7.82. The van der Waals surface area contributed by atoms with Crippen molar-refractivity contribution in [3.05, 3.63) is 29.8 Å². The van der Waals surface area contributed by atoms with Crippen LogP contribution in [-0.4, -0.2) is 38.7 Å². The van der Waals surface area contributed by atoms with Crippen molar-refractivity contribution in [2.75, 3.05) is 33.8 Å². The number of methoxy groups -OCH3 is 1. The second kappa shape index (κ2) is 6.15. The molecular formula is C17H26N2O. The third kappa shape index (κ3) is 3.33. The highest BCUT2D eigenvalue weighted by Gasteiger charge is 2.32. The first kappa shape index (κ1) is 13.9. The molecule has 2 fully saturated rings. The summed E-state index contributed by atoms with van der Waals surface area (Å²) in [6, 6.07) is 9.13. The second-order valence-electron chi connectivity index (χ2n) is 6.41. The Morgan fingerprint density at radius 3 is 2.55 bits per heavy atom. The van der Waals surface area contributed by atoms with Gasteiger partial charge in [-0.15, -0.1) is 0 Å². The van der Waals surface area contributed by atoms with Gasteiger partial charge in [0.2, 0.25) is 0 Å². The van der Waals surface area contributed by atoms with Crippen LogP contribution in [0.25, 0.3) is 0 Å². The zero-order valence-electron chi connectivity index (χ0n) is 12.6. The van der Waals surface area contributed by atoms with Crippen LogP contribution in [0.3, 0.4) is 0 Å². The lowest BCUT2D eigenvalue weighted by molar-refractivity contribution is 0.371. The molecular weight excluding hydrogens is 248 g/mol. The highest BCUT2D eigenvalue weighted by molar-refractivity contribution is 5.30. The van der Waals surface area contributed by atoms with E-state index in [1.165, 1.54) is 37.9 Å². The standard InChI is InChI=1S/C17H26N2O/c1-19-10-9-13(12-19)11-18-17(14-3-4-14)15-5-7-16(20-2)8-6-15/h5-8,13-14,17-18H,3-4,9-12H2,1-2H3. The molecule has 0 bridgehead atoms. The van der Waals surface area contributed by atoms with Gasteiger partial charge >= 0.3 is 0 Å². The van der Waals surface area contributed by atoms with Crippen molar-refractivity contribution in [3.8, 4) is 5.75 Å². The third-order valence-electron chi connectivity index (χ3n) is 4.68. The summed E-state index contributed by atoms with van der Waals surface area (Å²) >= 11 is 0. The fourth-order valence-corrected chi connectivity index (χ4v) is 3.28. The van der Waals surface area contributed by atoms with E-state index in [-0.39, 0.29) is 0 Å². The minimum atomic E-state index is 0.534. The van der Waals surface area contributed by atoms with Crippen LogP contribution in [0.4, 0.5) is 0 Å². The summed E-state index contributed by atoms with van der Waals surface area (Å²) in [5.41, 5.74) is 1.42. The Hall–Kier alpha value is -1.06. The number of nitrogens with one attached hydrogen (secondary N) is 1. The van der Waals surface area contributed by atoms with Crippen molar-refractivity contribution in [1.29, 1.82) is 0 Å². The summed E-state index contributed by atoms with van der Waals surface area (Å²) in [7, 11) is 3.95. The van der Waals surface area contributed by atoms with Gasteiger partial charge in [-0.1, -0.05) is 12.1 Å². The average molecular weight is 274 g/mol. The molecule has 2 atom stereocenters. The molecule has 3 heteroatoms.